The molecule has 0 saturated carbocycles. The first-order chi connectivity index (χ1) is 15.5. The molecule has 4 N–H and O–H groups in total. The van der Waals surface area contributed by atoms with E-state index in [0.717, 1.165) is 12.8 Å². The highest BCUT2D eigenvalue weighted by atomic mass is 31.2. The van der Waals surface area contributed by atoms with Gasteiger partial charge in [-0.3, -0.25) is 18.9 Å². The SMILES string of the molecule is CCCCC(CC)P(=O)(O)OC(C)C1OC(n2cnc3c(=O)[nH]c(N)nc32)C(F)C1C(C)C. The summed E-state index contributed by atoms with van der Waals surface area (Å²) in [5, 5.41) is 0. The molecular weight excluding hydrogens is 452 g/mol. The van der Waals surface area contributed by atoms with Crippen molar-refractivity contribution in [3.8, 4) is 0 Å². The molecule has 0 aliphatic carbocycles. The highest BCUT2D eigenvalue weighted by Gasteiger charge is 2.51. The predicted octanol–water partition coefficient (Wildman–Crippen LogP) is 3.77. The van der Waals surface area contributed by atoms with E-state index >= 15 is 4.39 Å². The van der Waals surface area contributed by atoms with Crippen molar-refractivity contribution >= 4 is 24.7 Å². The predicted molar refractivity (Wildman–Crippen MR) is 124 cm³/mol. The molecule has 10 nitrogen and oxygen atoms in total. The number of aromatic nitrogens is 4. The van der Waals surface area contributed by atoms with E-state index in [0.29, 0.717) is 12.8 Å². The van der Waals surface area contributed by atoms with Crippen molar-refractivity contribution in [2.45, 2.75) is 90.6 Å². The van der Waals surface area contributed by atoms with Crippen LogP contribution in [0.5, 0.6) is 0 Å². The fourth-order valence-corrected chi connectivity index (χ4v) is 6.38. The molecule has 12 heteroatoms. The highest BCUT2D eigenvalue weighted by Crippen LogP contribution is 2.54. The number of nitrogens with two attached hydrogens (primary N) is 1. The molecule has 3 rings (SSSR count). The number of aromatic amines is 1. The molecule has 7 atom stereocenters. The second-order valence-corrected chi connectivity index (χ2v) is 11.2. The Hall–Kier alpha value is -1.81. The number of ether oxygens (including phenoxy) is 1. The monoisotopic (exact) mass is 487 g/mol. The van der Waals surface area contributed by atoms with E-state index in [1.807, 2.05) is 27.7 Å². The number of H-pyrrole nitrogens is 1. The van der Waals surface area contributed by atoms with Crippen molar-refractivity contribution < 1.29 is 23.1 Å². The van der Waals surface area contributed by atoms with Gasteiger partial charge in [0, 0.05) is 5.92 Å². The third-order valence-electron chi connectivity index (χ3n) is 6.41. The Labute approximate surface area is 192 Å². The Morgan fingerprint density at radius 1 is 1.39 bits per heavy atom. The second-order valence-electron chi connectivity index (χ2n) is 9.11. The largest absolute Gasteiger partial charge is 0.369 e. The summed E-state index contributed by atoms with van der Waals surface area (Å²) >= 11 is 0. The topological polar surface area (TPSA) is 145 Å². The van der Waals surface area contributed by atoms with Gasteiger partial charge in [-0.1, -0.05) is 40.5 Å². The number of hydrogen-bond donors (Lipinski definition) is 3. The molecule has 2 aromatic rings. The molecule has 186 valence electrons. The minimum atomic E-state index is -3.95. The van der Waals surface area contributed by atoms with Crippen LogP contribution in [0.1, 0.15) is 66.5 Å². The molecule has 1 saturated heterocycles. The molecule has 1 fully saturated rings. The summed E-state index contributed by atoms with van der Waals surface area (Å²) in [6.45, 7) is 9.25. The number of fused-ring (bicyclic) bond motifs is 1. The second kappa shape index (κ2) is 10.2. The quantitative estimate of drug-likeness (QED) is 0.430. The number of nitrogen functional groups attached to an aromatic ring is 1. The molecule has 1 aliphatic heterocycles. The Morgan fingerprint density at radius 2 is 2.09 bits per heavy atom. The van der Waals surface area contributed by atoms with Crippen LogP contribution >= 0.6 is 7.60 Å². The molecule has 3 heterocycles. The average molecular weight is 488 g/mol. The lowest BCUT2D eigenvalue weighted by Crippen LogP contribution is -2.36. The van der Waals surface area contributed by atoms with Gasteiger partial charge in [0.15, 0.2) is 23.6 Å². The van der Waals surface area contributed by atoms with Crippen LogP contribution in [0.15, 0.2) is 11.1 Å². The first-order valence-corrected chi connectivity index (χ1v) is 13.2. The minimum Gasteiger partial charge on any atom is -0.369 e. The molecule has 0 amide bonds. The van der Waals surface area contributed by atoms with Crippen LogP contribution in [0.2, 0.25) is 0 Å². The lowest BCUT2D eigenvalue weighted by Gasteiger charge is -2.31. The van der Waals surface area contributed by atoms with Crippen molar-refractivity contribution in [2.24, 2.45) is 11.8 Å². The number of anilines is 1. The number of rotatable bonds is 10. The van der Waals surface area contributed by atoms with Crippen LogP contribution in [0.3, 0.4) is 0 Å². The molecule has 0 spiro atoms. The summed E-state index contributed by atoms with van der Waals surface area (Å²) < 4.78 is 41.9. The maximum absolute atomic E-state index is 15.7. The van der Waals surface area contributed by atoms with Crippen LogP contribution in [0.25, 0.3) is 11.2 Å². The molecule has 2 aromatic heterocycles. The Kier molecular flexibility index (Phi) is 7.99. The van der Waals surface area contributed by atoms with E-state index in [1.54, 1.807) is 6.92 Å². The summed E-state index contributed by atoms with van der Waals surface area (Å²) in [6.07, 6.45) is -0.0992. The van der Waals surface area contributed by atoms with E-state index in [9.17, 15) is 14.3 Å². The van der Waals surface area contributed by atoms with Crippen LogP contribution in [-0.4, -0.2) is 48.5 Å². The molecular formula is C21H35FN5O5P. The maximum atomic E-state index is 15.7. The number of nitrogens with zero attached hydrogens (tertiary/aromatic N) is 3. The summed E-state index contributed by atoms with van der Waals surface area (Å²) in [4.78, 5) is 33.3. The van der Waals surface area contributed by atoms with Gasteiger partial charge in [-0.25, -0.2) is 9.37 Å². The van der Waals surface area contributed by atoms with Crippen molar-refractivity contribution in [3.05, 3.63) is 16.7 Å². The smallest absolute Gasteiger partial charge is 0.331 e. The van der Waals surface area contributed by atoms with Crippen LogP contribution < -0.4 is 11.3 Å². The highest BCUT2D eigenvalue weighted by molar-refractivity contribution is 7.53. The summed E-state index contributed by atoms with van der Waals surface area (Å²) in [6, 6.07) is 0. The van der Waals surface area contributed by atoms with E-state index in [-0.39, 0.29) is 23.0 Å². The minimum absolute atomic E-state index is 0.0235. The van der Waals surface area contributed by atoms with Crippen LogP contribution in [0.4, 0.5) is 10.3 Å². The van der Waals surface area contributed by atoms with Gasteiger partial charge < -0.3 is 19.9 Å². The fraction of sp³-hybridized carbons (Fsp3) is 0.762. The van der Waals surface area contributed by atoms with Crippen LogP contribution in [0, 0.1) is 11.8 Å². The van der Waals surface area contributed by atoms with E-state index in [1.165, 1.54) is 10.9 Å². The number of halogens is 1. The van der Waals surface area contributed by atoms with E-state index in [2.05, 4.69) is 15.0 Å². The number of imidazole rings is 1. The van der Waals surface area contributed by atoms with Gasteiger partial charge in [0.05, 0.1) is 24.2 Å². The number of nitrogens with one attached hydrogen (secondary N) is 1. The van der Waals surface area contributed by atoms with E-state index < -0.39 is 49.3 Å². The fourth-order valence-electron chi connectivity index (χ4n) is 4.64. The number of unbranched alkanes of at least 4 members (excludes halogenated alkanes) is 1. The van der Waals surface area contributed by atoms with Gasteiger partial charge in [0.1, 0.15) is 0 Å². The Bertz CT molecular complexity index is 1060. The molecule has 1 aliphatic rings. The summed E-state index contributed by atoms with van der Waals surface area (Å²) in [5.74, 6) is -0.870. The number of hydrogen-bond acceptors (Lipinski definition) is 7. The molecule has 0 aromatic carbocycles. The summed E-state index contributed by atoms with van der Waals surface area (Å²) in [5.41, 5.74) is 4.79. The molecule has 0 radical (unpaired) electrons. The van der Waals surface area contributed by atoms with Gasteiger partial charge >= 0.3 is 7.60 Å². The molecule has 7 unspecified atom stereocenters. The molecule has 0 bridgehead atoms. The Morgan fingerprint density at radius 3 is 2.70 bits per heavy atom. The zero-order chi connectivity index (χ0) is 24.5. The van der Waals surface area contributed by atoms with Crippen molar-refractivity contribution in [1.82, 2.24) is 19.5 Å². The zero-order valence-electron chi connectivity index (χ0n) is 19.8. The van der Waals surface area contributed by atoms with Crippen LogP contribution in [-0.2, 0) is 13.8 Å². The van der Waals surface area contributed by atoms with Gasteiger partial charge in [0.2, 0.25) is 5.95 Å². The third-order valence-corrected chi connectivity index (χ3v) is 8.60. The van der Waals surface area contributed by atoms with Crippen molar-refractivity contribution in [2.75, 3.05) is 5.73 Å². The van der Waals surface area contributed by atoms with Crippen molar-refractivity contribution in [1.29, 1.82) is 0 Å². The maximum Gasteiger partial charge on any atom is 0.331 e. The first kappa shape index (κ1) is 25.8. The van der Waals surface area contributed by atoms with Gasteiger partial charge in [-0.05, 0) is 25.7 Å². The lowest BCUT2D eigenvalue weighted by molar-refractivity contribution is -0.0639. The van der Waals surface area contributed by atoms with E-state index in [4.69, 9.17) is 15.0 Å². The van der Waals surface area contributed by atoms with Crippen molar-refractivity contribution in [3.63, 3.8) is 0 Å². The normalized spacial score (nSPS) is 27.2. The number of alkyl halides is 1. The average Bonchev–Trinajstić information content (AvgIpc) is 3.29. The van der Waals surface area contributed by atoms with Gasteiger partial charge in [-0.15, -0.1) is 0 Å². The summed E-state index contributed by atoms with van der Waals surface area (Å²) in [7, 11) is -3.95. The van der Waals surface area contributed by atoms with Gasteiger partial charge in [-0.2, -0.15) is 4.98 Å². The molecule has 33 heavy (non-hydrogen) atoms. The third kappa shape index (κ3) is 5.16. The van der Waals surface area contributed by atoms with Gasteiger partial charge in [0.25, 0.3) is 5.56 Å². The first-order valence-electron chi connectivity index (χ1n) is 11.5. The lowest BCUT2D eigenvalue weighted by atomic mass is 9.85. The Balaban J connectivity index is 1.89. The standard InChI is InChI=1S/C21H35FN5O5P/c1-6-8-9-13(7-2)33(29,30)32-12(5)17-14(11(3)4)15(22)20(31-17)27-10-24-16-18(27)25-21(23)26-19(16)28/h10-15,17,20H,6-9H2,1-5H3,(H,29,30)(H3,23,25,26,28). The zero-order valence-corrected chi connectivity index (χ0v) is 20.7.